The molecule has 0 spiro atoms. The van der Waals surface area contributed by atoms with E-state index in [0.717, 1.165) is 17.8 Å². The van der Waals surface area contributed by atoms with Crippen molar-refractivity contribution in [3.05, 3.63) is 35.5 Å². The number of rotatable bonds is 2. The van der Waals surface area contributed by atoms with Crippen LogP contribution in [-0.4, -0.2) is 9.78 Å². The standard InChI is InChI=1S/C11H11F2N3S/c1-6-10(14)11(16(2)15-6)17-7-3-4-8(12)9(13)5-7/h3-5H,14H2,1-2H3. The predicted molar refractivity (Wildman–Crippen MR) is 62.8 cm³/mol. The zero-order valence-electron chi connectivity index (χ0n) is 9.37. The van der Waals surface area contributed by atoms with E-state index in [4.69, 9.17) is 5.73 Å². The molecule has 2 rings (SSSR count). The number of aryl methyl sites for hydroxylation is 2. The Morgan fingerprint density at radius 3 is 2.53 bits per heavy atom. The van der Waals surface area contributed by atoms with Crippen molar-refractivity contribution in [2.75, 3.05) is 5.73 Å². The lowest BCUT2D eigenvalue weighted by Crippen LogP contribution is -1.94. The molecule has 0 unspecified atom stereocenters. The van der Waals surface area contributed by atoms with E-state index in [1.165, 1.54) is 17.8 Å². The Hall–Kier alpha value is -1.56. The van der Waals surface area contributed by atoms with Gasteiger partial charge in [0.2, 0.25) is 0 Å². The summed E-state index contributed by atoms with van der Waals surface area (Å²) in [6.45, 7) is 1.80. The van der Waals surface area contributed by atoms with Crippen LogP contribution in [0.4, 0.5) is 14.5 Å². The summed E-state index contributed by atoms with van der Waals surface area (Å²) >= 11 is 1.25. The third kappa shape index (κ3) is 2.26. The molecular weight excluding hydrogens is 244 g/mol. The summed E-state index contributed by atoms with van der Waals surface area (Å²) in [4.78, 5) is 0.582. The molecule has 1 aromatic carbocycles. The van der Waals surface area contributed by atoms with Crippen molar-refractivity contribution in [2.24, 2.45) is 7.05 Å². The summed E-state index contributed by atoms with van der Waals surface area (Å²) in [6.07, 6.45) is 0. The highest BCUT2D eigenvalue weighted by Crippen LogP contribution is 2.33. The van der Waals surface area contributed by atoms with Crippen molar-refractivity contribution in [3.63, 3.8) is 0 Å². The van der Waals surface area contributed by atoms with E-state index >= 15 is 0 Å². The van der Waals surface area contributed by atoms with Gasteiger partial charge in [-0.2, -0.15) is 5.10 Å². The fraction of sp³-hybridized carbons (Fsp3) is 0.182. The van der Waals surface area contributed by atoms with Crippen LogP contribution in [0.25, 0.3) is 0 Å². The largest absolute Gasteiger partial charge is 0.395 e. The van der Waals surface area contributed by atoms with E-state index in [-0.39, 0.29) is 0 Å². The first-order valence-corrected chi connectivity index (χ1v) is 5.72. The van der Waals surface area contributed by atoms with Gasteiger partial charge in [0.25, 0.3) is 0 Å². The molecule has 3 nitrogen and oxygen atoms in total. The Morgan fingerprint density at radius 2 is 2.00 bits per heavy atom. The molecule has 0 amide bonds. The number of nitrogens with two attached hydrogens (primary N) is 1. The van der Waals surface area contributed by atoms with Crippen LogP contribution < -0.4 is 5.73 Å². The van der Waals surface area contributed by atoms with Crippen LogP contribution in [0.1, 0.15) is 5.69 Å². The molecule has 0 fully saturated rings. The molecular formula is C11H11F2N3S. The lowest BCUT2D eigenvalue weighted by molar-refractivity contribution is 0.506. The van der Waals surface area contributed by atoms with Crippen LogP contribution in [0.5, 0.6) is 0 Å². The molecule has 0 atom stereocenters. The summed E-state index contributed by atoms with van der Waals surface area (Å²) < 4.78 is 27.4. The number of benzene rings is 1. The smallest absolute Gasteiger partial charge is 0.159 e. The summed E-state index contributed by atoms with van der Waals surface area (Å²) in [5.41, 5.74) is 7.12. The van der Waals surface area contributed by atoms with Crippen molar-refractivity contribution in [2.45, 2.75) is 16.8 Å². The normalized spacial score (nSPS) is 10.8. The van der Waals surface area contributed by atoms with Gasteiger partial charge < -0.3 is 5.73 Å². The highest BCUT2D eigenvalue weighted by molar-refractivity contribution is 7.99. The minimum Gasteiger partial charge on any atom is -0.395 e. The van der Waals surface area contributed by atoms with E-state index in [1.54, 1.807) is 18.7 Å². The van der Waals surface area contributed by atoms with Crippen LogP contribution >= 0.6 is 11.8 Å². The molecule has 6 heteroatoms. The first-order valence-electron chi connectivity index (χ1n) is 4.91. The Bertz CT molecular complexity index is 566. The molecule has 2 aromatic rings. The molecule has 0 saturated heterocycles. The quantitative estimate of drug-likeness (QED) is 0.897. The van der Waals surface area contributed by atoms with Crippen molar-refractivity contribution in [1.82, 2.24) is 9.78 Å². The summed E-state index contributed by atoms with van der Waals surface area (Å²) in [5, 5.41) is 4.87. The fourth-order valence-corrected chi connectivity index (χ4v) is 2.38. The molecule has 0 bridgehead atoms. The third-order valence-corrected chi connectivity index (χ3v) is 3.49. The van der Waals surface area contributed by atoms with Gasteiger partial charge in [-0.1, -0.05) is 11.8 Å². The summed E-state index contributed by atoms with van der Waals surface area (Å²) in [7, 11) is 1.76. The maximum Gasteiger partial charge on any atom is 0.159 e. The van der Waals surface area contributed by atoms with Gasteiger partial charge in [-0.05, 0) is 25.1 Å². The van der Waals surface area contributed by atoms with E-state index in [9.17, 15) is 8.78 Å². The molecule has 1 heterocycles. The number of anilines is 1. The minimum atomic E-state index is -0.868. The fourth-order valence-electron chi connectivity index (χ4n) is 1.43. The Morgan fingerprint density at radius 1 is 1.29 bits per heavy atom. The zero-order chi connectivity index (χ0) is 12.6. The second-order valence-corrected chi connectivity index (χ2v) is 4.67. The van der Waals surface area contributed by atoms with Crippen LogP contribution in [0.15, 0.2) is 28.1 Å². The van der Waals surface area contributed by atoms with Gasteiger partial charge in [-0.25, -0.2) is 8.78 Å². The van der Waals surface area contributed by atoms with E-state index in [0.29, 0.717) is 15.6 Å². The summed E-state index contributed by atoms with van der Waals surface area (Å²) in [5.74, 6) is -1.73. The molecule has 0 aliphatic carbocycles. The molecule has 0 aliphatic heterocycles. The van der Waals surface area contributed by atoms with E-state index < -0.39 is 11.6 Å². The number of hydrogen-bond acceptors (Lipinski definition) is 3. The first kappa shape index (κ1) is 11.9. The molecule has 1 aromatic heterocycles. The molecule has 90 valence electrons. The Kier molecular flexibility index (Phi) is 3.06. The average Bonchev–Trinajstić information content (AvgIpc) is 2.50. The van der Waals surface area contributed by atoms with Gasteiger partial charge in [-0.3, -0.25) is 4.68 Å². The second kappa shape index (κ2) is 4.37. The maximum absolute atomic E-state index is 13.0. The van der Waals surface area contributed by atoms with Gasteiger partial charge in [0.05, 0.1) is 11.4 Å². The zero-order valence-corrected chi connectivity index (χ0v) is 10.2. The molecule has 0 saturated carbocycles. The number of hydrogen-bond donors (Lipinski definition) is 1. The number of aromatic nitrogens is 2. The lowest BCUT2D eigenvalue weighted by atomic mass is 10.3. The Labute approximate surface area is 102 Å². The number of nitrogens with zero attached hydrogens (tertiary/aromatic N) is 2. The minimum absolute atomic E-state index is 0.558. The van der Waals surface area contributed by atoms with E-state index in [1.807, 2.05) is 0 Å². The van der Waals surface area contributed by atoms with Crippen LogP contribution in [0.3, 0.4) is 0 Å². The second-order valence-electron chi connectivity index (χ2n) is 3.61. The van der Waals surface area contributed by atoms with Crippen molar-refractivity contribution in [3.8, 4) is 0 Å². The van der Waals surface area contributed by atoms with Crippen LogP contribution in [0.2, 0.25) is 0 Å². The summed E-state index contributed by atoms with van der Waals surface area (Å²) in [6, 6.07) is 3.74. The average molecular weight is 255 g/mol. The SMILES string of the molecule is Cc1nn(C)c(Sc2ccc(F)c(F)c2)c1N. The van der Waals surface area contributed by atoms with Gasteiger partial charge >= 0.3 is 0 Å². The van der Waals surface area contributed by atoms with E-state index in [2.05, 4.69) is 5.10 Å². The highest BCUT2D eigenvalue weighted by Gasteiger charge is 2.12. The lowest BCUT2D eigenvalue weighted by Gasteiger charge is -2.03. The first-order chi connectivity index (χ1) is 7.99. The van der Waals surface area contributed by atoms with Crippen LogP contribution in [-0.2, 0) is 7.05 Å². The van der Waals surface area contributed by atoms with Crippen molar-refractivity contribution < 1.29 is 8.78 Å². The highest BCUT2D eigenvalue weighted by atomic mass is 32.2. The topological polar surface area (TPSA) is 43.8 Å². The monoisotopic (exact) mass is 255 g/mol. The van der Waals surface area contributed by atoms with Crippen LogP contribution in [0, 0.1) is 18.6 Å². The molecule has 0 radical (unpaired) electrons. The van der Waals surface area contributed by atoms with Crippen molar-refractivity contribution in [1.29, 1.82) is 0 Å². The molecule has 2 N–H and O–H groups in total. The Balaban J connectivity index is 2.34. The third-order valence-electron chi connectivity index (χ3n) is 2.32. The van der Waals surface area contributed by atoms with Gasteiger partial charge in [-0.15, -0.1) is 0 Å². The van der Waals surface area contributed by atoms with Crippen molar-refractivity contribution >= 4 is 17.4 Å². The molecule has 17 heavy (non-hydrogen) atoms. The molecule has 0 aliphatic rings. The number of halogens is 2. The maximum atomic E-state index is 13.0. The predicted octanol–water partition coefficient (Wildman–Crippen LogP) is 2.74. The van der Waals surface area contributed by atoms with Gasteiger partial charge in [0, 0.05) is 11.9 Å². The van der Waals surface area contributed by atoms with Gasteiger partial charge in [0.15, 0.2) is 11.6 Å². The van der Waals surface area contributed by atoms with Gasteiger partial charge in [0.1, 0.15) is 5.03 Å². The number of nitrogen functional groups attached to an aromatic ring is 1.